The van der Waals surface area contributed by atoms with Gasteiger partial charge in [0.15, 0.2) is 0 Å². The fourth-order valence-corrected chi connectivity index (χ4v) is 4.83. The third-order valence-corrected chi connectivity index (χ3v) is 6.38. The van der Waals surface area contributed by atoms with E-state index >= 15 is 0 Å². The van der Waals surface area contributed by atoms with Crippen molar-refractivity contribution in [1.29, 1.82) is 0 Å². The summed E-state index contributed by atoms with van der Waals surface area (Å²) in [7, 11) is 1.32. The lowest BCUT2D eigenvalue weighted by atomic mass is 9.92. The summed E-state index contributed by atoms with van der Waals surface area (Å²) in [6.07, 6.45) is 0.552. The highest BCUT2D eigenvalue weighted by atomic mass is 32.1. The molecule has 0 radical (unpaired) electrons. The molecule has 2 heterocycles. The molecule has 0 bridgehead atoms. The fraction of sp³-hybridized carbons (Fsp3) is 0.381. The minimum atomic E-state index is -0.676. The molecule has 1 saturated carbocycles. The van der Waals surface area contributed by atoms with Crippen LogP contribution in [0, 0.1) is 12.7 Å². The van der Waals surface area contributed by atoms with Crippen LogP contribution in [0.4, 0.5) is 15.9 Å². The predicted molar refractivity (Wildman–Crippen MR) is 113 cm³/mol. The van der Waals surface area contributed by atoms with Crippen molar-refractivity contribution in [1.82, 2.24) is 9.97 Å². The lowest BCUT2D eigenvalue weighted by Crippen LogP contribution is -2.36. The number of carbonyl (C=O) groups is 1. The fourth-order valence-electron chi connectivity index (χ4n) is 3.76. The summed E-state index contributed by atoms with van der Waals surface area (Å²) >= 11 is 1.20. The molecule has 1 aliphatic carbocycles. The van der Waals surface area contributed by atoms with Crippen molar-refractivity contribution in [3.05, 3.63) is 40.8 Å². The number of aliphatic hydroxyl groups excluding tert-OH is 2. The van der Waals surface area contributed by atoms with Crippen LogP contribution in [-0.2, 0) is 4.74 Å². The summed E-state index contributed by atoms with van der Waals surface area (Å²) in [5, 5.41) is 23.7. The number of carbonyl (C=O) groups excluding carboxylic acids is 1. The Balaban J connectivity index is 1.68. The lowest BCUT2D eigenvalue weighted by molar-refractivity contribution is -0.0153. The Hall–Kier alpha value is -2.82. The van der Waals surface area contributed by atoms with Crippen molar-refractivity contribution in [3.8, 4) is 5.75 Å². The Morgan fingerprint density at radius 1 is 1.23 bits per heavy atom. The van der Waals surface area contributed by atoms with E-state index in [0.717, 1.165) is 0 Å². The highest BCUT2D eigenvalue weighted by Crippen LogP contribution is 2.37. The van der Waals surface area contributed by atoms with Crippen molar-refractivity contribution < 1.29 is 28.9 Å². The molecule has 8 nitrogen and oxygen atoms in total. The van der Waals surface area contributed by atoms with Crippen molar-refractivity contribution >= 4 is 39.0 Å². The average Bonchev–Trinajstić information content (AvgIpc) is 3.06. The molecular formula is C21H22FN3O5S. The summed E-state index contributed by atoms with van der Waals surface area (Å²) in [4.78, 5) is 21.6. The molecule has 3 N–H and O–H groups in total. The van der Waals surface area contributed by atoms with E-state index in [-0.39, 0.29) is 5.75 Å². The highest BCUT2D eigenvalue weighted by Gasteiger charge is 2.28. The molecule has 10 heteroatoms. The van der Waals surface area contributed by atoms with E-state index in [4.69, 9.17) is 9.47 Å². The van der Waals surface area contributed by atoms with Gasteiger partial charge in [-0.3, -0.25) is 0 Å². The van der Waals surface area contributed by atoms with E-state index in [2.05, 4.69) is 15.3 Å². The summed E-state index contributed by atoms with van der Waals surface area (Å²) < 4.78 is 24.7. The molecule has 2 unspecified atom stereocenters. The SMILES string of the molecule is COC(=O)c1sc2ncnc(Nc3ccc(F)cc3OC3CC(O)CC(O)C3)c2c1C. The quantitative estimate of drug-likeness (QED) is 0.511. The van der Waals surface area contributed by atoms with Crippen molar-refractivity contribution in [2.75, 3.05) is 12.4 Å². The van der Waals surface area contributed by atoms with Crippen LogP contribution in [0.2, 0.25) is 0 Å². The molecule has 1 fully saturated rings. The zero-order valence-electron chi connectivity index (χ0n) is 17.0. The number of anilines is 2. The first kappa shape index (κ1) is 21.4. The molecule has 31 heavy (non-hydrogen) atoms. The van der Waals surface area contributed by atoms with Gasteiger partial charge in [-0.05, 0) is 31.0 Å². The second-order valence-electron chi connectivity index (χ2n) is 7.47. The van der Waals surface area contributed by atoms with Crippen LogP contribution in [0.3, 0.4) is 0 Å². The van der Waals surface area contributed by atoms with Gasteiger partial charge >= 0.3 is 5.97 Å². The molecule has 0 amide bonds. The Kier molecular flexibility index (Phi) is 6.03. The largest absolute Gasteiger partial charge is 0.488 e. The number of nitrogens with one attached hydrogen (secondary N) is 1. The van der Waals surface area contributed by atoms with Crippen LogP contribution in [0.15, 0.2) is 24.5 Å². The Bertz CT molecular complexity index is 1110. The van der Waals surface area contributed by atoms with E-state index in [0.29, 0.717) is 51.4 Å². The van der Waals surface area contributed by atoms with Crippen molar-refractivity contribution in [3.63, 3.8) is 0 Å². The second-order valence-corrected chi connectivity index (χ2v) is 8.47. The number of ether oxygens (including phenoxy) is 2. The molecule has 0 aliphatic heterocycles. The van der Waals surface area contributed by atoms with Gasteiger partial charge in [-0.15, -0.1) is 11.3 Å². The Labute approximate surface area is 181 Å². The second kappa shape index (κ2) is 8.74. The summed E-state index contributed by atoms with van der Waals surface area (Å²) in [5.41, 5.74) is 1.14. The Morgan fingerprint density at radius 2 is 1.97 bits per heavy atom. The van der Waals surface area contributed by atoms with E-state index in [1.165, 1.54) is 43.0 Å². The van der Waals surface area contributed by atoms with Crippen LogP contribution < -0.4 is 10.1 Å². The zero-order chi connectivity index (χ0) is 22.1. The number of aromatic nitrogens is 2. The maximum absolute atomic E-state index is 14.0. The standard InChI is InChI=1S/C21H22FN3O5S/c1-10-17-19(23-9-24-20(17)31-18(10)21(28)29-2)25-15-4-3-11(22)5-16(15)30-14-7-12(26)6-13(27)8-14/h3-5,9,12-14,26-27H,6-8H2,1-2H3,(H,23,24,25). The van der Waals surface area contributed by atoms with E-state index < -0.39 is 30.1 Å². The minimum Gasteiger partial charge on any atom is -0.488 e. The predicted octanol–water partition coefficient (Wildman–Crippen LogP) is 3.32. The van der Waals surface area contributed by atoms with Gasteiger partial charge in [0.05, 0.1) is 30.4 Å². The summed E-state index contributed by atoms with van der Waals surface area (Å²) in [6, 6.07) is 4.06. The lowest BCUT2D eigenvalue weighted by Gasteiger charge is -2.30. The molecule has 1 aliphatic rings. The zero-order valence-corrected chi connectivity index (χ0v) is 17.8. The van der Waals surface area contributed by atoms with Crippen LogP contribution in [-0.4, -0.2) is 51.6 Å². The number of methoxy groups -OCH3 is 1. The first-order valence-corrected chi connectivity index (χ1v) is 10.6. The maximum atomic E-state index is 14.0. The third kappa shape index (κ3) is 4.46. The molecule has 3 aromatic rings. The van der Waals surface area contributed by atoms with Crippen LogP contribution in [0.1, 0.15) is 34.5 Å². The average molecular weight is 447 g/mol. The number of aliphatic hydroxyl groups is 2. The summed E-state index contributed by atoms with van der Waals surface area (Å²) in [6.45, 7) is 1.78. The van der Waals surface area contributed by atoms with Gasteiger partial charge in [-0.2, -0.15) is 0 Å². The molecule has 0 saturated heterocycles. The number of hydrogen-bond acceptors (Lipinski definition) is 9. The molecular weight excluding hydrogens is 425 g/mol. The van der Waals surface area contributed by atoms with Gasteiger partial charge in [0, 0.05) is 18.9 Å². The summed E-state index contributed by atoms with van der Waals surface area (Å²) in [5.74, 6) is -0.259. The molecule has 0 spiro atoms. The van der Waals surface area contributed by atoms with Crippen LogP contribution in [0.5, 0.6) is 5.75 Å². The highest BCUT2D eigenvalue weighted by molar-refractivity contribution is 7.20. The van der Waals surface area contributed by atoms with Gasteiger partial charge in [0.1, 0.15) is 39.5 Å². The van der Waals surface area contributed by atoms with Gasteiger partial charge < -0.3 is 25.0 Å². The molecule has 2 atom stereocenters. The van der Waals surface area contributed by atoms with E-state index in [9.17, 15) is 19.4 Å². The number of nitrogens with zero attached hydrogens (tertiary/aromatic N) is 2. The van der Waals surface area contributed by atoms with E-state index in [1.807, 2.05) is 0 Å². The minimum absolute atomic E-state index is 0.235. The number of benzene rings is 1. The monoisotopic (exact) mass is 447 g/mol. The van der Waals surface area contributed by atoms with Crippen LogP contribution in [0.25, 0.3) is 10.2 Å². The van der Waals surface area contributed by atoms with Crippen molar-refractivity contribution in [2.45, 2.75) is 44.5 Å². The number of thiophene rings is 1. The first-order chi connectivity index (χ1) is 14.9. The Morgan fingerprint density at radius 3 is 2.68 bits per heavy atom. The molecule has 4 rings (SSSR count). The normalized spacial score (nSPS) is 21.1. The molecule has 164 valence electrons. The van der Waals surface area contributed by atoms with Crippen molar-refractivity contribution in [2.24, 2.45) is 0 Å². The smallest absolute Gasteiger partial charge is 0.348 e. The number of hydrogen-bond donors (Lipinski definition) is 3. The number of esters is 1. The van der Waals surface area contributed by atoms with Crippen LogP contribution >= 0.6 is 11.3 Å². The molecule has 1 aromatic carbocycles. The third-order valence-electron chi connectivity index (χ3n) is 5.20. The number of aryl methyl sites for hydroxylation is 1. The van der Waals surface area contributed by atoms with E-state index in [1.54, 1.807) is 6.92 Å². The number of rotatable bonds is 5. The molecule has 2 aromatic heterocycles. The number of halogens is 1. The van der Waals surface area contributed by atoms with Gasteiger partial charge in [-0.25, -0.2) is 19.2 Å². The first-order valence-electron chi connectivity index (χ1n) is 9.77. The number of fused-ring (bicyclic) bond motifs is 1. The topological polar surface area (TPSA) is 114 Å². The van der Waals surface area contributed by atoms with Gasteiger partial charge in [-0.1, -0.05) is 0 Å². The van der Waals surface area contributed by atoms with Gasteiger partial charge in [0.25, 0.3) is 0 Å². The van der Waals surface area contributed by atoms with Gasteiger partial charge in [0.2, 0.25) is 0 Å². The maximum Gasteiger partial charge on any atom is 0.348 e.